The number of anilines is 1. The predicted molar refractivity (Wildman–Crippen MR) is 143 cm³/mol. The van der Waals surface area contributed by atoms with E-state index in [1.54, 1.807) is 11.3 Å². The number of nitrogens with one attached hydrogen (secondary N) is 1. The maximum absolute atomic E-state index is 11.1. The topological polar surface area (TPSA) is 104 Å². The van der Waals surface area contributed by atoms with Gasteiger partial charge in [0.15, 0.2) is 11.6 Å². The van der Waals surface area contributed by atoms with Crippen molar-refractivity contribution in [1.82, 2.24) is 24.8 Å². The van der Waals surface area contributed by atoms with Crippen LogP contribution >= 0.6 is 11.3 Å². The number of hydrogen-bond donors (Lipinski definition) is 2. The lowest BCUT2D eigenvalue weighted by Gasteiger charge is -2.34. The molecule has 0 bridgehead atoms. The van der Waals surface area contributed by atoms with Gasteiger partial charge in [0.1, 0.15) is 0 Å². The maximum Gasteiger partial charge on any atom is 0.218 e. The minimum atomic E-state index is -0.230. The summed E-state index contributed by atoms with van der Waals surface area (Å²) < 4.78 is 6.76. The van der Waals surface area contributed by atoms with Crippen LogP contribution in [0.2, 0.25) is 0 Å². The van der Waals surface area contributed by atoms with E-state index in [1.807, 2.05) is 12.3 Å². The Balaban J connectivity index is 1.28. The molecule has 2 fully saturated rings. The summed E-state index contributed by atoms with van der Waals surface area (Å²) in [5, 5.41) is 1.13. The standard InChI is InChI=1S/C26H31N7O2S/c27-23(34)5-6-31-7-9-32(10-8-31)17-18-15-22-24(36-18)26(33-11-13-35-14-12-33)30-25(29-22)20-16-28-21-4-2-1-3-19(20)21/h1-4,15-16,28H,5-14,17H2,(H2,27,34). The van der Waals surface area contributed by atoms with Gasteiger partial charge in [0.05, 0.1) is 23.4 Å². The minimum absolute atomic E-state index is 0.230. The highest BCUT2D eigenvalue weighted by atomic mass is 32.1. The SMILES string of the molecule is NC(=O)CCN1CCN(Cc2cc3nc(-c4c[nH]c5ccccc45)nc(N4CCOCC4)c3s2)CC1. The number of nitrogens with zero attached hydrogens (tertiary/aromatic N) is 5. The number of fused-ring (bicyclic) bond motifs is 2. The summed E-state index contributed by atoms with van der Waals surface area (Å²) in [6.45, 7) is 8.63. The fourth-order valence-electron chi connectivity index (χ4n) is 5.07. The predicted octanol–water partition coefficient (Wildman–Crippen LogP) is 2.67. The number of aromatic amines is 1. The number of piperazine rings is 1. The number of nitrogens with two attached hydrogens (primary N) is 1. The zero-order valence-electron chi connectivity index (χ0n) is 20.3. The summed E-state index contributed by atoms with van der Waals surface area (Å²) >= 11 is 1.80. The molecule has 36 heavy (non-hydrogen) atoms. The van der Waals surface area contributed by atoms with E-state index in [1.165, 1.54) is 4.88 Å². The number of H-pyrrole nitrogens is 1. The first-order chi connectivity index (χ1) is 17.6. The summed E-state index contributed by atoms with van der Waals surface area (Å²) in [4.78, 5) is 33.1. The summed E-state index contributed by atoms with van der Waals surface area (Å²) in [7, 11) is 0. The van der Waals surface area contributed by atoms with Crippen LogP contribution in [0.3, 0.4) is 0 Å². The van der Waals surface area contributed by atoms with Crippen molar-refractivity contribution < 1.29 is 9.53 Å². The highest BCUT2D eigenvalue weighted by molar-refractivity contribution is 7.19. The molecule has 2 saturated heterocycles. The van der Waals surface area contributed by atoms with Crippen LogP contribution in [-0.4, -0.2) is 89.7 Å². The van der Waals surface area contributed by atoms with Crippen LogP contribution < -0.4 is 10.6 Å². The number of benzene rings is 1. The first-order valence-electron chi connectivity index (χ1n) is 12.6. The van der Waals surface area contributed by atoms with Crippen LogP contribution in [0.4, 0.5) is 5.82 Å². The number of ether oxygens (including phenoxy) is 1. The molecule has 188 valence electrons. The van der Waals surface area contributed by atoms with Gasteiger partial charge >= 0.3 is 0 Å². The van der Waals surface area contributed by atoms with Gasteiger partial charge in [-0.15, -0.1) is 11.3 Å². The number of morpholine rings is 1. The molecule has 2 aliphatic heterocycles. The summed E-state index contributed by atoms with van der Waals surface area (Å²) in [6, 6.07) is 10.5. The number of para-hydroxylation sites is 1. The zero-order valence-corrected chi connectivity index (χ0v) is 21.1. The van der Waals surface area contributed by atoms with Gasteiger partial charge in [0.25, 0.3) is 0 Å². The number of hydrogen-bond acceptors (Lipinski definition) is 8. The molecule has 5 heterocycles. The Kier molecular flexibility index (Phi) is 6.58. The van der Waals surface area contributed by atoms with E-state index in [2.05, 4.69) is 43.9 Å². The van der Waals surface area contributed by atoms with Gasteiger partial charge in [-0.3, -0.25) is 9.69 Å². The summed E-state index contributed by atoms with van der Waals surface area (Å²) in [5.41, 5.74) is 8.44. The lowest BCUT2D eigenvalue weighted by molar-refractivity contribution is -0.118. The van der Waals surface area contributed by atoms with Crippen molar-refractivity contribution in [1.29, 1.82) is 0 Å². The number of primary amides is 1. The smallest absolute Gasteiger partial charge is 0.218 e. The second-order valence-corrected chi connectivity index (χ2v) is 10.6. The van der Waals surface area contributed by atoms with E-state index in [0.29, 0.717) is 19.6 Å². The Hall–Kier alpha value is -3.05. The Morgan fingerprint density at radius 3 is 2.64 bits per heavy atom. The van der Waals surface area contributed by atoms with E-state index < -0.39 is 0 Å². The molecule has 3 aromatic heterocycles. The fourth-order valence-corrected chi connectivity index (χ4v) is 6.22. The third-order valence-electron chi connectivity index (χ3n) is 7.06. The van der Waals surface area contributed by atoms with Crippen molar-refractivity contribution in [3.8, 4) is 11.4 Å². The molecule has 3 N–H and O–H groups in total. The molecule has 2 aliphatic rings. The number of carbonyl (C=O) groups excluding carboxylic acids is 1. The van der Waals surface area contributed by atoms with Gasteiger partial charge in [-0.2, -0.15) is 0 Å². The molecule has 9 nitrogen and oxygen atoms in total. The Labute approximate surface area is 213 Å². The van der Waals surface area contributed by atoms with E-state index in [0.717, 1.165) is 90.7 Å². The molecule has 0 aliphatic carbocycles. The number of thiophene rings is 1. The molecular formula is C26H31N7O2S. The number of amides is 1. The number of rotatable bonds is 7. The molecule has 10 heteroatoms. The van der Waals surface area contributed by atoms with Gasteiger partial charge in [-0.25, -0.2) is 9.97 Å². The van der Waals surface area contributed by atoms with Gasteiger partial charge < -0.3 is 25.3 Å². The van der Waals surface area contributed by atoms with Gasteiger partial charge in [-0.05, 0) is 12.1 Å². The van der Waals surface area contributed by atoms with E-state index in [-0.39, 0.29) is 5.91 Å². The second kappa shape index (κ2) is 10.1. The van der Waals surface area contributed by atoms with Crippen molar-refractivity contribution in [3.05, 3.63) is 41.4 Å². The van der Waals surface area contributed by atoms with Crippen LogP contribution in [0, 0.1) is 0 Å². The Bertz CT molecular complexity index is 1370. The molecule has 1 amide bonds. The normalized spacial score (nSPS) is 17.8. The largest absolute Gasteiger partial charge is 0.378 e. The first kappa shape index (κ1) is 23.4. The Morgan fingerprint density at radius 1 is 1.06 bits per heavy atom. The minimum Gasteiger partial charge on any atom is -0.378 e. The van der Waals surface area contributed by atoms with Crippen molar-refractivity contribution in [2.24, 2.45) is 5.73 Å². The molecule has 0 atom stereocenters. The van der Waals surface area contributed by atoms with E-state index >= 15 is 0 Å². The van der Waals surface area contributed by atoms with Crippen LogP contribution in [-0.2, 0) is 16.1 Å². The molecule has 4 aromatic rings. The molecule has 1 aromatic carbocycles. The van der Waals surface area contributed by atoms with E-state index in [9.17, 15) is 4.79 Å². The fraction of sp³-hybridized carbons (Fsp3) is 0.423. The van der Waals surface area contributed by atoms with Crippen LogP contribution in [0.25, 0.3) is 32.5 Å². The molecule has 0 unspecified atom stereocenters. The van der Waals surface area contributed by atoms with Crippen molar-refractivity contribution in [2.75, 3.05) is 63.9 Å². The third kappa shape index (κ3) is 4.81. The average Bonchev–Trinajstić information content (AvgIpc) is 3.52. The Morgan fingerprint density at radius 2 is 1.83 bits per heavy atom. The highest BCUT2D eigenvalue weighted by Gasteiger charge is 2.23. The zero-order chi connectivity index (χ0) is 24.5. The van der Waals surface area contributed by atoms with Crippen LogP contribution in [0.1, 0.15) is 11.3 Å². The first-order valence-corrected chi connectivity index (χ1v) is 13.4. The molecule has 6 rings (SSSR count). The van der Waals surface area contributed by atoms with Crippen molar-refractivity contribution in [2.45, 2.75) is 13.0 Å². The second-order valence-electron chi connectivity index (χ2n) is 9.48. The monoisotopic (exact) mass is 505 g/mol. The van der Waals surface area contributed by atoms with Crippen molar-refractivity contribution in [3.63, 3.8) is 0 Å². The third-order valence-corrected chi connectivity index (χ3v) is 8.17. The van der Waals surface area contributed by atoms with E-state index in [4.69, 9.17) is 20.4 Å². The number of aromatic nitrogens is 3. The summed E-state index contributed by atoms with van der Waals surface area (Å²) in [6.07, 6.45) is 2.44. The van der Waals surface area contributed by atoms with Crippen LogP contribution in [0.5, 0.6) is 0 Å². The quantitative estimate of drug-likeness (QED) is 0.398. The highest BCUT2D eigenvalue weighted by Crippen LogP contribution is 2.36. The molecule has 0 spiro atoms. The van der Waals surface area contributed by atoms with Gasteiger partial charge in [0.2, 0.25) is 5.91 Å². The maximum atomic E-state index is 11.1. The van der Waals surface area contributed by atoms with Crippen molar-refractivity contribution >= 4 is 44.2 Å². The molecule has 0 saturated carbocycles. The van der Waals surface area contributed by atoms with Gasteiger partial charge in [-0.1, -0.05) is 18.2 Å². The van der Waals surface area contributed by atoms with Gasteiger partial charge in [0, 0.05) is 86.3 Å². The average molecular weight is 506 g/mol. The van der Waals surface area contributed by atoms with Crippen LogP contribution in [0.15, 0.2) is 36.5 Å². The summed E-state index contributed by atoms with van der Waals surface area (Å²) in [5.74, 6) is 1.54. The molecule has 0 radical (unpaired) electrons. The number of carbonyl (C=O) groups is 1. The molecular weight excluding hydrogens is 474 g/mol. The lowest BCUT2D eigenvalue weighted by Crippen LogP contribution is -2.46. The lowest BCUT2D eigenvalue weighted by atomic mass is 10.1.